The van der Waals surface area contributed by atoms with Crippen molar-refractivity contribution in [3.05, 3.63) is 0 Å². The maximum Gasteiger partial charge on any atom is 0.0368 e. The molecule has 0 aromatic heterocycles. The molecule has 90 valence electrons. The number of hydrogen-bond donors (Lipinski definition) is 0. The van der Waals surface area contributed by atoms with Gasteiger partial charge in [0.25, 0.3) is 0 Å². The first kappa shape index (κ1) is 13.8. The van der Waals surface area contributed by atoms with E-state index in [1.807, 2.05) is 0 Å². The third-order valence-electron chi connectivity index (χ3n) is 3.93. The van der Waals surface area contributed by atoms with Gasteiger partial charge in [-0.1, -0.05) is 79.5 Å². The zero-order valence-corrected chi connectivity index (χ0v) is 13.1. The summed E-state index contributed by atoms with van der Waals surface area (Å²) >= 11 is 3.52. The van der Waals surface area contributed by atoms with Crippen molar-refractivity contribution in [2.75, 3.05) is 5.33 Å². The van der Waals surface area contributed by atoms with E-state index in [4.69, 9.17) is 0 Å². The first-order valence-electron chi connectivity index (χ1n) is 6.92. The van der Waals surface area contributed by atoms with Gasteiger partial charge in [0.2, 0.25) is 0 Å². The standard InChI is InChI=1S/C13H27BrSi/c1-2-3-10-15-11-7-13(8-12-15)6-4-5-9-14/h13,15H,2-12H2,1H3/t13-,15-. The fourth-order valence-corrected chi connectivity index (χ4v) is 6.96. The lowest BCUT2D eigenvalue weighted by atomic mass is 9.96. The number of halogens is 1. The van der Waals surface area contributed by atoms with E-state index in [9.17, 15) is 0 Å². The van der Waals surface area contributed by atoms with Crippen LogP contribution < -0.4 is 0 Å². The minimum Gasteiger partial charge on any atom is -0.0928 e. The lowest BCUT2D eigenvalue weighted by Gasteiger charge is -2.27. The van der Waals surface area contributed by atoms with Crippen molar-refractivity contribution in [2.24, 2.45) is 5.92 Å². The molecule has 0 atom stereocenters. The van der Waals surface area contributed by atoms with Gasteiger partial charge in [-0.3, -0.25) is 0 Å². The van der Waals surface area contributed by atoms with Gasteiger partial charge in [0.1, 0.15) is 0 Å². The molecule has 0 aromatic rings. The summed E-state index contributed by atoms with van der Waals surface area (Å²) in [6.45, 7) is 2.33. The SMILES string of the molecule is CCCC[Si@H]1CC[C@H](CCCCBr)CC1. The monoisotopic (exact) mass is 290 g/mol. The Labute approximate surface area is 106 Å². The van der Waals surface area contributed by atoms with Gasteiger partial charge in [-0.2, -0.15) is 0 Å². The molecule has 1 saturated heterocycles. The summed E-state index contributed by atoms with van der Waals surface area (Å²) in [5, 5.41) is 1.20. The van der Waals surface area contributed by atoms with Gasteiger partial charge in [-0.05, 0) is 12.3 Å². The molecule has 0 unspecified atom stereocenters. The van der Waals surface area contributed by atoms with Crippen molar-refractivity contribution in [3.63, 3.8) is 0 Å². The van der Waals surface area contributed by atoms with Crippen molar-refractivity contribution < 1.29 is 0 Å². The Morgan fingerprint density at radius 3 is 2.47 bits per heavy atom. The van der Waals surface area contributed by atoms with Crippen LogP contribution in [0.5, 0.6) is 0 Å². The average molecular weight is 291 g/mol. The Bertz CT molecular complexity index is 141. The molecular weight excluding hydrogens is 264 g/mol. The predicted molar refractivity (Wildman–Crippen MR) is 76.8 cm³/mol. The highest BCUT2D eigenvalue weighted by molar-refractivity contribution is 9.09. The molecule has 0 aromatic carbocycles. The van der Waals surface area contributed by atoms with E-state index < -0.39 is 0 Å². The lowest BCUT2D eigenvalue weighted by Crippen LogP contribution is -2.21. The fourth-order valence-electron chi connectivity index (χ4n) is 2.83. The van der Waals surface area contributed by atoms with Crippen molar-refractivity contribution >= 4 is 24.7 Å². The van der Waals surface area contributed by atoms with Crippen LogP contribution in [0, 0.1) is 5.92 Å². The summed E-state index contributed by atoms with van der Waals surface area (Å²) in [7, 11) is -0.233. The maximum atomic E-state index is 3.52. The highest BCUT2D eigenvalue weighted by Crippen LogP contribution is 2.31. The molecule has 0 spiro atoms. The quantitative estimate of drug-likeness (QED) is 0.352. The van der Waals surface area contributed by atoms with Crippen LogP contribution in [-0.2, 0) is 0 Å². The first-order chi connectivity index (χ1) is 7.36. The van der Waals surface area contributed by atoms with Crippen LogP contribution in [0.3, 0.4) is 0 Å². The molecule has 0 amide bonds. The lowest BCUT2D eigenvalue weighted by molar-refractivity contribution is 0.422. The topological polar surface area (TPSA) is 0 Å². The number of hydrogen-bond acceptors (Lipinski definition) is 0. The normalized spacial score (nSPS) is 26.8. The summed E-state index contributed by atoms with van der Waals surface area (Å²) in [6.07, 6.45) is 10.5. The van der Waals surface area contributed by atoms with E-state index in [2.05, 4.69) is 22.9 Å². The fraction of sp³-hybridized carbons (Fsp3) is 1.00. The second-order valence-corrected chi connectivity index (χ2v) is 9.47. The molecule has 0 saturated carbocycles. The summed E-state index contributed by atoms with van der Waals surface area (Å²) in [5.41, 5.74) is 0. The largest absolute Gasteiger partial charge is 0.0928 e. The average Bonchev–Trinajstić information content (AvgIpc) is 2.28. The van der Waals surface area contributed by atoms with Crippen LogP contribution in [0.2, 0.25) is 18.1 Å². The van der Waals surface area contributed by atoms with Crippen LogP contribution in [0.15, 0.2) is 0 Å². The van der Waals surface area contributed by atoms with Crippen LogP contribution >= 0.6 is 15.9 Å². The molecule has 1 rings (SSSR count). The molecule has 0 nitrogen and oxygen atoms in total. The van der Waals surface area contributed by atoms with Crippen molar-refractivity contribution in [1.29, 1.82) is 0 Å². The third kappa shape index (κ3) is 6.11. The van der Waals surface area contributed by atoms with Crippen molar-refractivity contribution in [3.8, 4) is 0 Å². The number of rotatable bonds is 7. The van der Waals surface area contributed by atoms with Crippen LogP contribution in [0.25, 0.3) is 0 Å². The van der Waals surface area contributed by atoms with Crippen molar-refractivity contribution in [2.45, 2.75) is 70.0 Å². The highest BCUT2D eigenvalue weighted by Gasteiger charge is 2.21. The van der Waals surface area contributed by atoms with Gasteiger partial charge in [0.15, 0.2) is 0 Å². The Hall–Kier alpha value is 0.697. The van der Waals surface area contributed by atoms with E-state index in [-0.39, 0.29) is 8.80 Å². The second-order valence-electron chi connectivity index (χ2n) is 5.21. The molecule has 1 aliphatic rings. The molecule has 1 fully saturated rings. The molecule has 2 heteroatoms. The van der Waals surface area contributed by atoms with E-state index in [1.54, 1.807) is 31.0 Å². The molecule has 15 heavy (non-hydrogen) atoms. The van der Waals surface area contributed by atoms with Gasteiger partial charge in [0.05, 0.1) is 0 Å². The molecule has 0 aliphatic carbocycles. The van der Waals surface area contributed by atoms with Crippen LogP contribution in [-0.4, -0.2) is 14.1 Å². The van der Waals surface area contributed by atoms with Gasteiger partial charge in [-0.15, -0.1) is 0 Å². The highest BCUT2D eigenvalue weighted by atomic mass is 79.9. The summed E-state index contributed by atoms with van der Waals surface area (Å²) in [5.74, 6) is 1.11. The second kappa shape index (κ2) is 8.80. The summed E-state index contributed by atoms with van der Waals surface area (Å²) in [6, 6.07) is 4.97. The summed E-state index contributed by atoms with van der Waals surface area (Å²) in [4.78, 5) is 0. The Morgan fingerprint density at radius 1 is 1.13 bits per heavy atom. The zero-order chi connectivity index (χ0) is 10.9. The minimum atomic E-state index is -0.233. The Balaban J connectivity index is 2.02. The molecule has 0 radical (unpaired) electrons. The molecule has 0 bridgehead atoms. The van der Waals surface area contributed by atoms with Crippen LogP contribution in [0.4, 0.5) is 0 Å². The van der Waals surface area contributed by atoms with Gasteiger partial charge in [0, 0.05) is 14.1 Å². The predicted octanol–water partition coefficient (Wildman–Crippen LogP) is 4.99. The Morgan fingerprint density at radius 2 is 1.87 bits per heavy atom. The van der Waals surface area contributed by atoms with Gasteiger partial charge >= 0.3 is 0 Å². The van der Waals surface area contributed by atoms with Crippen LogP contribution in [0.1, 0.15) is 51.9 Å². The molecule has 1 aliphatic heterocycles. The smallest absolute Gasteiger partial charge is 0.0368 e. The molecular formula is C13H27BrSi. The summed E-state index contributed by atoms with van der Waals surface area (Å²) < 4.78 is 0. The maximum absolute atomic E-state index is 3.52. The van der Waals surface area contributed by atoms with Gasteiger partial charge < -0.3 is 0 Å². The number of unbranched alkanes of at least 4 members (excludes halogenated alkanes) is 2. The van der Waals surface area contributed by atoms with E-state index >= 15 is 0 Å². The molecule has 0 N–H and O–H groups in total. The molecule has 1 heterocycles. The number of alkyl halides is 1. The van der Waals surface area contributed by atoms with E-state index in [1.165, 1.54) is 37.4 Å². The zero-order valence-electron chi connectivity index (χ0n) is 10.3. The Kier molecular flexibility index (Phi) is 8.08. The third-order valence-corrected chi connectivity index (χ3v) is 8.01. The minimum absolute atomic E-state index is 0.233. The first-order valence-corrected chi connectivity index (χ1v) is 10.5. The van der Waals surface area contributed by atoms with Crippen molar-refractivity contribution in [1.82, 2.24) is 0 Å². The van der Waals surface area contributed by atoms with Gasteiger partial charge in [-0.25, -0.2) is 0 Å². The van der Waals surface area contributed by atoms with E-state index in [0.717, 1.165) is 5.92 Å². The van der Waals surface area contributed by atoms with E-state index in [0.29, 0.717) is 0 Å².